The third-order valence-electron chi connectivity index (χ3n) is 3.22. The summed E-state index contributed by atoms with van der Waals surface area (Å²) in [7, 11) is 0. The van der Waals surface area contributed by atoms with Gasteiger partial charge in [0.2, 0.25) is 0 Å². The third-order valence-corrected chi connectivity index (χ3v) is 3.22. The van der Waals surface area contributed by atoms with Crippen LogP contribution >= 0.6 is 0 Å². The van der Waals surface area contributed by atoms with E-state index in [0.29, 0.717) is 12.1 Å². The van der Waals surface area contributed by atoms with Gasteiger partial charge in [-0.2, -0.15) is 0 Å². The molecule has 1 heterocycles. The monoisotopic (exact) mass is 248 g/mol. The second kappa shape index (κ2) is 6.52. The zero-order valence-corrected chi connectivity index (χ0v) is 10.6. The lowest BCUT2D eigenvalue weighted by atomic mass is 10.1. The van der Waals surface area contributed by atoms with Crippen molar-refractivity contribution < 1.29 is 9.90 Å². The summed E-state index contributed by atoms with van der Waals surface area (Å²) >= 11 is 0. The summed E-state index contributed by atoms with van der Waals surface area (Å²) in [5.41, 5.74) is 1.89. The third kappa shape index (κ3) is 3.55. The maximum absolute atomic E-state index is 11.6. The van der Waals surface area contributed by atoms with Gasteiger partial charge in [-0.3, -0.25) is 9.69 Å². The highest BCUT2D eigenvalue weighted by Crippen LogP contribution is 2.13. The number of aliphatic hydroxyl groups excluding tert-OH is 1. The van der Waals surface area contributed by atoms with E-state index in [2.05, 4.69) is 10.2 Å². The fourth-order valence-electron chi connectivity index (χ4n) is 2.23. The summed E-state index contributed by atoms with van der Waals surface area (Å²) in [6.45, 7) is 3.60. The van der Waals surface area contributed by atoms with Gasteiger partial charge in [0.05, 0.1) is 6.61 Å². The predicted molar refractivity (Wildman–Crippen MR) is 70.4 cm³/mol. The van der Waals surface area contributed by atoms with Gasteiger partial charge in [-0.05, 0) is 43.6 Å². The first-order valence-corrected chi connectivity index (χ1v) is 6.50. The molecule has 0 spiro atoms. The molecule has 0 radical (unpaired) electrons. The van der Waals surface area contributed by atoms with Gasteiger partial charge >= 0.3 is 0 Å². The van der Waals surface area contributed by atoms with Crippen LogP contribution in [0.15, 0.2) is 24.3 Å². The van der Waals surface area contributed by atoms with Crippen LogP contribution in [0.5, 0.6) is 0 Å². The minimum Gasteiger partial charge on any atom is -0.395 e. The first-order chi connectivity index (χ1) is 8.79. The Bertz CT molecular complexity index is 383. The van der Waals surface area contributed by atoms with Crippen LogP contribution in [-0.2, 0) is 6.54 Å². The lowest BCUT2D eigenvalue weighted by molar-refractivity contribution is 0.0945. The van der Waals surface area contributed by atoms with Crippen molar-refractivity contribution in [1.82, 2.24) is 10.2 Å². The fraction of sp³-hybridized carbons (Fsp3) is 0.500. The second-order valence-corrected chi connectivity index (χ2v) is 4.66. The topological polar surface area (TPSA) is 52.6 Å². The predicted octanol–water partition coefficient (Wildman–Crippen LogP) is 1.00. The minimum absolute atomic E-state index is 0.0290. The molecule has 1 amide bonds. The molecule has 4 heteroatoms. The average Bonchev–Trinajstić information content (AvgIpc) is 2.89. The number of aliphatic hydroxyl groups is 1. The number of benzene rings is 1. The number of carbonyl (C=O) groups excluding carboxylic acids is 1. The highest BCUT2D eigenvalue weighted by atomic mass is 16.3. The Kier molecular flexibility index (Phi) is 4.73. The van der Waals surface area contributed by atoms with Crippen LogP contribution in [-0.4, -0.2) is 42.2 Å². The van der Waals surface area contributed by atoms with Crippen molar-refractivity contribution in [2.75, 3.05) is 26.2 Å². The summed E-state index contributed by atoms with van der Waals surface area (Å²) in [6.07, 6.45) is 2.59. The molecule has 1 fully saturated rings. The Balaban J connectivity index is 1.90. The molecule has 0 saturated carbocycles. The van der Waals surface area contributed by atoms with Crippen molar-refractivity contribution in [3.8, 4) is 0 Å². The summed E-state index contributed by atoms with van der Waals surface area (Å²) in [5, 5.41) is 11.3. The minimum atomic E-state index is -0.128. The van der Waals surface area contributed by atoms with Crippen LogP contribution < -0.4 is 5.32 Å². The number of rotatable bonds is 5. The lowest BCUT2D eigenvalue weighted by Gasteiger charge is -2.14. The van der Waals surface area contributed by atoms with Crippen LogP contribution in [0.25, 0.3) is 0 Å². The van der Waals surface area contributed by atoms with Crippen LogP contribution in [0.4, 0.5) is 0 Å². The first-order valence-electron chi connectivity index (χ1n) is 6.50. The molecular formula is C14H20N2O2. The molecule has 1 aromatic carbocycles. The van der Waals surface area contributed by atoms with Gasteiger partial charge in [0.1, 0.15) is 0 Å². The molecule has 1 saturated heterocycles. The molecule has 1 aliphatic heterocycles. The molecule has 0 aliphatic carbocycles. The Labute approximate surface area is 108 Å². The molecule has 1 aliphatic rings. The molecule has 1 aromatic rings. The number of carbonyl (C=O) groups is 1. The summed E-state index contributed by atoms with van der Waals surface area (Å²) < 4.78 is 0. The molecule has 18 heavy (non-hydrogen) atoms. The highest BCUT2D eigenvalue weighted by molar-refractivity contribution is 5.94. The van der Waals surface area contributed by atoms with Crippen LogP contribution in [0, 0.1) is 0 Å². The van der Waals surface area contributed by atoms with E-state index >= 15 is 0 Å². The normalized spacial score (nSPS) is 15.8. The summed E-state index contributed by atoms with van der Waals surface area (Å²) in [6, 6.07) is 7.70. The van der Waals surface area contributed by atoms with E-state index in [-0.39, 0.29) is 12.5 Å². The quantitative estimate of drug-likeness (QED) is 0.817. The zero-order chi connectivity index (χ0) is 12.8. The van der Waals surface area contributed by atoms with Crippen molar-refractivity contribution in [3.05, 3.63) is 35.4 Å². The SMILES string of the molecule is O=C(NCCO)c1ccc(CN2CCCC2)cc1. The molecule has 2 N–H and O–H groups in total. The standard InChI is InChI=1S/C14H20N2O2/c17-10-7-15-14(18)13-5-3-12(4-6-13)11-16-8-1-2-9-16/h3-6,17H,1-2,7-11H2,(H,15,18). The van der Waals surface area contributed by atoms with Crippen molar-refractivity contribution in [2.45, 2.75) is 19.4 Å². The highest BCUT2D eigenvalue weighted by Gasteiger charge is 2.12. The van der Waals surface area contributed by atoms with Gasteiger partial charge in [-0.15, -0.1) is 0 Å². The maximum Gasteiger partial charge on any atom is 0.251 e. The molecule has 2 rings (SSSR count). The Morgan fingerprint density at radius 3 is 2.50 bits per heavy atom. The molecule has 0 bridgehead atoms. The van der Waals surface area contributed by atoms with Crippen molar-refractivity contribution in [3.63, 3.8) is 0 Å². The molecule has 0 atom stereocenters. The smallest absolute Gasteiger partial charge is 0.251 e. The van der Waals surface area contributed by atoms with Gasteiger partial charge < -0.3 is 10.4 Å². The van der Waals surface area contributed by atoms with Gasteiger partial charge in [-0.1, -0.05) is 12.1 Å². The number of hydrogen-bond acceptors (Lipinski definition) is 3. The van der Waals surface area contributed by atoms with Crippen molar-refractivity contribution in [2.24, 2.45) is 0 Å². The van der Waals surface area contributed by atoms with Gasteiger partial charge in [-0.25, -0.2) is 0 Å². The van der Waals surface area contributed by atoms with Gasteiger partial charge in [0, 0.05) is 18.7 Å². The van der Waals surface area contributed by atoms with E-state index < -0.39 is 0 Å². The van der Waals surface area contributed by atoms with Crippen LogP contribution in [0.2, 0.25) is 0 Å². The second-order valence-electron chi connectivity index (χ2n) is 4.66. The summed E-state index contributed by atoms with van der Waals surface area (Å²) in [4.78, 5) is 14.1. The molecule has 4 nitrogen and oxygen atoms in total. The van der Waals surface area contributed by atoms with Gasteiger partial charge in [0.25, 0.3) is 5.91 Å². The largest absolute Gasteiger partial charge is 0.395 e. The molecule has 0 aromatic heterocycles. The van der Waals surface area contributed by atoms with Crippen molar-refractivity contribution in [1.29, 1.82) is 0 Å². The number of amides is 1. The number of hydrogen-bond donors (Lipinski definition) is 2. The molecule has 0 unspecified atom stereocenters. The van der Waals surface area contributed by atoms with E-state index in [0.717, 1.165) is 6.54 Å². The average molecular weight is 248 g/mol. The van der Waals surface area contributed by atoms with Crippen molar-refractivity contribution >= 4 is 5.91 Å². The fourth-order valence-corrected chi connectivity index (χ4v) is 2.23. The molecule has 98 valence electrons. The van der Waals surface area contributed by atoms with E-state index in [4.69, 9.17) is 5.11 Å². The zero-order valence-electron chi connectivity index (χ0n) is 10.6. The number of nitrogens with zero attached hydrogens (tertiary/aromatic N) is 1. The Morgan fingerprint density at radius 1 is 1.22 bits per heavy atom. The Hall–Kier alpha value is -1.39. The summed E-state index contributed by atoms with van der Waals surface area (Å²) in [5.74, 6) is -0.128. The maximum atomic E-state index is 11.6. The number of nitrogens with one attached hydrogen (secondary N) is 1. The van der Waals surface area contributed by atoms with Gasteiger partial charge in [0.15, 0.2) is 0 Å². The van der Waals surface area contributed by atoms with E-state index in [1.165, 1.54) is 31.5 Å². The van der Waals surface area contributed by atoms with E-state index in [9.17, 15) is 4.79 Å². The first kappa shape index (κ1) is 13.1. The Morgan fingerprint density at radius 2 is 1.89 bits per heavy atom. The van der Waals surface area contributed by atoms with Crippen LogP contribution in [0.1, 0.15) is 28.8 Å². The van der Waals surface area contributed by atoms with Crippen LogP contribution in [0.3, 0.4) is 0 Å². The van der Waals surface area contributed by atoms with E-state index in [1.807, 2.05) is 24.3 Å². The van der Waals surface area contributed by atoms with E-state index in [1.54, 1.807) is 0 Å². The lowest BCUT2D eigenvalue weighted by Crippen LogP contribution is -2.26. The number of likely N-dealkylation sites (tertiary alicyclic amines) is 1. The molecular weight excluding hydrogens is 228 g/mol.